The summed E-state index contributed by atoms with van der Waals surface area (Å²) in [6.07, 6.45) is 0.633. The van der Waals surface area contributed by atoms with E-state index in [1.807, 2.05) is 6.92 Å². The number of benzene rings is 1. The zero-order chi connectivity index (χ0) is 16.0. The molecule has 2 unspecified atom stereocenters. The van der Waals surface area contributed by atoms with Crippen molar-refractivity contribution in [2.75, 3.05) is 13.6 Å². The van der Waals surface area contributed by atoms with Gasteiger partial charge in [-0.2, -0.15) is 0 Å². The van der Waals surface area contributed by atoms with Crippen LogP contribution in [0.5, 0.6) is 5.75 Å². The van der Waals surface area contributed by atoms with Crippen LogP contribution in [0.25, 0.3) is 0 Å². The number of phenols is 1. The average Bonchev–Trinajstić information content (AvgIpc) is 2.40. The Bertz CT molecular complexity index is 487. The van der Waals surface area contributed by atoms with E-state index in [1.165, 1.54) is 4.90 Å². The Morgan fingerprint density at radius 3 is 2.33 bits per heavy atom. The molecule has 0 heterocycles. The van der Waals surface area contributed by atoms with Crippen LogP contribution in [0, 0.1) is 5.92 Å². The lowest BCUT2D eigenvalue weighted by Crippen LogP contribution is -2.44. The van der Waals surface area contributed by atoms with Crippen molar-refractivity contribution in [2.45, 2.75) is 26.3 Å². The normalized spacial score (nSPS) is 13.3. The van der Waals surface area contributed by atoms with Crippen molar-refractivity contribution in [2.24, 2.45) is 5.92 Å². The summed E-state index contributed by atoms with van der Waals surface area (Å²) in [6, 6.07) is 6.41. The Hall–Kier alpha value is -2.24. The molecule has 0 aliphatic rings. The number of aromatic hydroxyl groups is 1. The predicted octanol–water partition coefficient (Wildman–Crippen LogP) is 1.69. The zero-order valence-corrected chi connectivity index (χ0v) is 12.5. The minimum atomic E-state index is -0.924. The predicted molar refractivity (Wildman–Crippen MR) is 79.2 cm³/mol. The second-order valence-corrected chi connectivity index (χ2v) is 5.34. The number of amides is 2. The molecule has 0 aromatic heterocycles. The number of aliphatic carboxylic acids is 1. The van der Waals surface area contributed by atoms with Crippen molar-refractivity contribution >= 4 is 12.0 Å². The molecule has 1 rings (SSSR count). The second kappa shape index (κ2) is 7.52. The number of carboxylic acid groups (broad SMARTS) is 1. The lowest BCUT2D eigenvalue weighted by Gasteiger charge is -2.23. The molecule has 0 radical (unpaired) electrons. The quantitative estimate of drug-likeness (QED) is 0.744. The molecule has 0 bridgehead atoms. The van der Waals surface area contributed by atoms with E-state index in [-0.39, 0.29) is 24.4 Å². The molecule has 1 aromatic rings. The summed E-state index contributed by atoms with van der Waals surface area (Å²) in [5.41, 5.74) is 1.00. The number of carboxylic acids is 1. The van der Waals surface area contributed by atoms with E-state index < -0.39 is 11.9 Å². The molecule has 116 valence electrons. The number of hydrogen-bond donors (Lipinski definition) is 3. The molecular formula is C15H22N2O4. The van der Waals surface area contributed by atoms with E-state index in [1.54, 1.807) is 38.2 Å². The number of nitrogens with zero attached hydrogens (tertiary/aromatic N) is 1. The smallest absolute Gasteiger partial charge is 0.317 e. The van der Waals surface area contributed by atoms with E-state index in [9.17, 15) is 14.7 Å². The SMILES string of the molecule is CC(Cc1ccc(O)cc1)NC(=O)N(C)CC(C)C(=O)O. The first-order valence-electron chi connectivity index (χ1n) is 6.82. The molecule has 0 saturated carbocycles. The number of urea groups is 1. The summed E-state index contributed by atoms with van der Waals surface area (Å²) in [5, 5.41) is 20.9. The Kier molecular flexibility index (Phi) is 6.02. The topological polar surface area (TPSA) is 89.9 Å². The lowest BCUT2D eigenvalue weighted by atomic mass is 10.1. The largest absolute Gasteiger partial charge is 0.508 e. The summed E-state index contributed by atoms with van der Waals surface area (Å²) in [5.74, 6) is -1.32. The van der Waals surface area contributed by atoms with Gasteiger partial charge in [0.15, 0.2) is 0 Å². The fourth-order valence-corrected chi connectivity index (χ4v) is 1.93. The Morgan fingerprint density at radius 1 is 1.24 bits per heavy atom. The van der Waals surface area contributed by atoms with Gasteiger partial charge in [0.05, 0.1) is 5.92 Å². The van der Waals surface area contributed by atoms with Gasteiger partial charge in [-0.15, -0.1) is 0 Å². The first kappa shape index (κ1) is 16.8. The molecule has 2 atom stereocenters. The van der Waals surface area contributed by atoms with Gasteiger partial charge in [0.25, 0.3) is 0 Å². The Labute approximate surface area is 124 Å². The Balaban J connectivity index is 2.46. The minimum Gasteiger partial charge on any atom is -0.508 e. The third-order valence-corrected chi connectivity index (χ3v) is 3.16. The van der Waals surface area contributed by atoms with E-state index >= 15 is 0 Å². The van der Waals surface area contributed by atoms with Crippen molar-refractivity contribution in [3.63, 3.8) is 0 Å². The number of carbonyl (C=O) groups is 2. The summed E-state index contributed by atoms with van der Waals surface area (Å²) < 4.78 is 0. The van der Waals surface area contributed by atoms with Crippen LogP contribution in [0.3, 0.4) is 0 Å². The van der Waals surface area contributed by atoms with E-state index in [0.717, 1.165) is 5.56 Å². The van der Waals surface area contributed by atoms with Gasteiger partial charge in [0, 0.05) is 19.6 Å². The van der Waals surface area contributed by atoms with Crippen LogP contribution < -0.4 is 5.32 Å². The van der Waals surface area contributed by atoms with Crippen LogP contribution >= 0.6 is 0 Å². The van der Waals surface area contributed by atoms with Gasteiger partial charge in [0.2, 0.25) is 0 Å². The van der Waals surface area contributed by atoms with Crippen molar-refractivity contribution in [3.8, 4) is 5.75 Å². The van der Waals surface area contributed by atoms with Crippen molar-refractivity contribution < 1.29 is 19.8 Å². The highest BCUT2D eigenvalue weighted by Crippen LogP contribution is 2.11. The van der Waals surface area contributed by atoms with Crippen LogP contribution in [0.2, 0.25) is 0 Å². The van der Waals surface area contributed by atoms with Gasteiger partial charge in [0.1, 0.15) is 5.75 Å². The number of rotatable bonds is 6. The van der Waals surface area contributed by atoms with Crippen molar-refractivity contribution in [1.82, 2.24) is 10.2 Å². The maximum Gasteiger partial charge on any atom is 0.317 e. The molecule has 1 aromatic carbocycles. The van der Waals surface area contributed by atoms with Crippen LogP contribution in [-0.2, 0) is 11.2 Å². The third kappa shape index (κ3) is 5.72. The summed E-state index contributed by atoms with van der Waals surface area (Å²) in [4.78, 5) is 24.1. The zero-order valence-electron chi connectivity index (χ0n) is 12.5. The third-order valence-electron chi connectivity index (χ3n) is 3.16. The number of phenolic OH excluding ortho intramolecular Hbond substituents is 1. The van der Waals surface area contributed by atoms with Crippen molar-refractivity contribution in [3.05, 3.63) is 29.8 Å². The molecule has 0 spiro atoms. The number of nitrogens with one attached hydrogen (secondary N) is 1. The standard InChI is InChI=1S/C15H22N2O4/c1-10(14(19)20)9-17(3)15(21)16-11(2)8-12-4-6-13(18)7-5-12/h4-7,10-11,18H,8-9H2,1-3H3,(H,16,21)(H,19,20). The molecule has 6 heteroatoms. The lowest BCUT2D eigenvalue weighted by molar-refractivity contribution is -0.141. The molecule has 0 aliphatic heterocycles. The van der Waals surface area contributed by atoms with Crippen LogP contribution in [-0.4, -0.2) is 46.7 Å². The second-order valence-electron chi connectivity index (χ2n) is 5.34. The maximum atomic E-state index is 11.9. The highest BCUT2D eigenvalue weighted by Gasteiger charge is 2.18. The molecule has 0 fully saturated rings. The molecule has 0 aliphatic carbocycles. The molecule has 21 heavy (non-hydrogen) atoms. The van der Waals surface area contributed by atoms with Crippen molar-refractivity contribution in [1.29, 1.82) is 0 Å². The average molecular weight is 294 g/mol. The van der Waals surface area contributed by atoms with Gasteiger partial charge in [-0.1, -0.05) is 19.1 Å². The van der Waals surface area contributed by atoms with E-state index in [2.05, 4.69) is 5.32 Å². The van der Waals surface area contributed by atoms with Gasteiger partial charge >= 0.3 is 12.0 Å². The monoisotopic (exact) mass is 294 g/mol. The highest BCUT2D eigenvalue weighted by atomic mass is 16.4. The fourth-order valence-electron chi connectivity index (χ4n) is 1.93. The first-order chi connectivity index (χ1) is 9.79. The van der Waals surface area contributed by atoms with Crippen LogP contribution in [0.15, 0.2) is 24.3 Å². The summed E-state index contributed by atoms with van der Waals surface area (Å²) in [7, 11) is 1.57. The first-order valence-corrected chi connectivity index (χ1v) is 6.82. The van der Waals surface area contributed by atoms with Crippen LogP contribution in [0.1, 0.15) is 19.4 Å². The Morgan fingerprint density at radius 2 is 1.81 bits per heavy atom. The van der Waals surface area contributed by atoms with Gasteiger partial charge in [-0.3, -0.25) is 4.79 Å². The molecule has 6 nitrogen and oxygen atoms in total. The van der Waals surface area contributed by atoms with E-state index in [4.69, 9.17) is 5.11 Å². The molecular weight excluding hydrogens is 272 g/mol. The molecule has 3 N–H and O–H groups in total. The number of hydrogen-bond acceptors (Lipinski definition) is 3. The van der Waals surface area contributed by atoms with Crippen LogP contribution in [0.4, 0.5) is 4.79 Å². The molecule has 2 amide bonds. The maximum absolute atomic E-state index is 11.9. The summed E-state index contributed by atoms with van der Waals surface area (Å²) in [6.45, 7) is 3.60. The summed E-state index contributed by atoms with van der Waals surface area (Å²) >= 11 is 0. The van der Waals surface area contributed by atoms with Gasteiger partial charge < -0.3 is 20.4 Å². The fraction of sp³-hybridized carbons (Fsp3) is 0.467. The number of carbonyl (C=O) groups excluding carboxylic acids is 1. The van der Waals surface area contributed by atoms with Gasteiger partial charge in [-0.25, -0.2) is 4.79 Å². The van der Waals surface area contributed by atoms with Gasteiger partial charge in [-0.05, 0) is 31.0 Å². The minimum absolute atomic E-state index is 0.0929. The molecule has 0 saturated heterocycles. The highest BCUT2D eigenvalue weighted by molar-refractivity contribution is 5.76. The van der Waals surface area contributed by atoms with E-state index in [0.29, 0.717) is 6.42 Å².